The largest absolute Gasteiger partial charge is 0.425 e. The minimum Gasteiger partial charge on any atom is -0.425 e. The fraction of sp³-hybridized carbons (Fsp3) is 0.240. The minimum absolute atomic E-state index is 0.00303. The molecule has 3 rings (SSSR count). The molecule has 0 fully saturated rings. The first kappa shape index (κ1) is 22.7. The van der Waals surface area contributed by atoms with Crippen molar-refractivity contribution in [1.82, 2.24) is 5.32 Å². The van der Waals surface area contributed by atoms with Crippen molar-refractivity contribution in [3.63, 3.8) is 0 Å². The van der Waals surface area contributed by atoms with Gasteiger partial charge in [0.15, 0.2) is 0 Å². The molecule has 5 nitrogen and oxygen atoms in total. The summed E-state index contributed by atoms with van der Waals surface area (Å²) in [5, 5.41) is 3.39. The number of hydrogen-bond donors (Lipinski definition) is 1. The quantitative estimate of drug-likeness (QED) is 0.286. The van der Waals surface area contributed by atoms with Crippen LogP contribution in [-0.2, 0) is 27.6 Å². The molecule has 1 N–H and O–H groups in total. The SMILES string of the molecule is CCCC(=O)Oc1ccccc1S(=O)(=O)c1ccc(CCNCc2ccccc2)cc1. The molecule has 0 aliphatic carbocycles. The van der Waals surface area contributed by atoms with E-state index in [1.54, 1.807) is 24.3 Å². The van der Waals surface area contributed by atoms with Gasteiger partial charge in [0, 0.05) is 13.0 Å². The number of nitrogens with one attached hydrogen (secondary N) is 1. The molecule has 0 spiro atoms. The monoisotopic (exact) mass is 437 g/mol. The smallest absolute Gasteiger partial charge is 0.311 e. The Balaban J connectivity index is 1.65. The van der Waals surface area contributed by atoms with E-state index in [0.29, 0.717) is 6.42 Å². The molecule has 0 amide bonds. The number of rotatable bonds is 10. The van der Waals surface area contributed by atoms with Crippen LogP contribution in [0.15, 0.2) is 88.7 Å². The van der Waals surface area contributed by atoms with Gasteiger partial charge in [0.25, 0.3) is 0 Å². The van der Waals surface area contributed by atoms with Crippen LogP contribution in [0.4, 0.5) is 0 Å². The van der Waals surface area contributed by atoms with Gasteiger partial charge in [-0.05, 0) is 54.8 Å². The fourth-order valence-electron chi connectivity index (χ4n) is 3.16. The Morgan fingerprint density at radius 2 is 1.55 bits per heavy atom. The van der Waals surface area contributed by atoms with E-state index in [-0.39, 0.29) is 22.0 Å². The second-order valence-electron chi connectivity index (χ2n) is 7.23. The van der Waals surface area contributed by atoms with Gasteiger partial charge in [-0.2, -0.15) is 0 Å². The summed E-state index contributed by atoms with van der Waals surface area (Å²) in [6.07, 6.45) is 1.66. The molecule has 0 bridgehead atoms. The Kier molecular flexibility index (Phi) is 7.98. The molecule has 3 aromatic rings. The summed E-state index contributed by atoms with van der Waals surface area (Å²) in [5.74, 6) is -0.376. The maximum absolute atomic E-state index is 13.1. The van der Waals surface area contributed by atoms with E-state index in [1.165, 1.54) is 17.7 Å². The van der Waals surface area contributed by atoms with Crippen molar-refractivity contribution < 1.29 is 17.9 Å². The Labute approximate surface area is 184 Å². The Bertz CT molecular complexity index is 1090. The number of sulfone groups is 1. The topological polar surface area (TPSA) is 72.5 Å². The van der Waals surface area contributed by atoms with Crippen LogP contribution in [0.25, 0.3) is 0 Å². The van der Waals surface area contributed by atoms with Crippen molar-refractivity contribution in [2.24, 2.45) is 0 Å². The van der Waals surface area contributed by atoms with Crippen LogP contribution in [0.2, 0.25) is 0 Å². The molecule has 31 heavy (non-hydrogen) atoms. The zero-order chi connectivity index (χ0) is 22.1. The highest BCUT2D eigenvalue weighted by Gasteiger charge is 2.23. The van der Waals surface area contributed by atoms with Crippen molar-refractivity contribution in [3.05, 3.63) is 90.0 Å². The Morgan fingerprint density at radius 3 is 2.26 bits per heavy atom. The first-order valence-corrected chi connectivity index (χ1v) is 11.9. The van der Waals surface area contributed by atoms with E-state index < -0.39 is 15.8 Å². The number of carbonyl (C=O) groups is 1. The first-order chi connectivity index (χ1) is 15.0. The van der Waals surface area contributed by atoms with E-state index in [4.69, 9.17) is 4.74 Å². The lowest BCUT2D eigenvalue weighted by Gasteiger charge is -2.11. The predicted octanol–water partition coefficient (Wildman–Crippen LogP) is 4.56. The van der Waals surface area contributed by atoms with Crippen LogP contribution in [0.3, 0.4) is 0 Å². The average Bonchev–Trinajstić information content (AvgIpc) is 2.78. The number of ether oxygens (including phenoxy) is 1. The number of para-hydroxylation sites is 1. The van der Waals surface area contributed by atoms with Gasteiger partial charge in [0.2, 0.25) is 9.84 Å². The molecule has 0 aliphatic rings. The highest BCUT2D eigenvalue weighted by atomic mass is 32.2. The number of hydrogen-bond acceptors (Lipinski definition) is 5. The lowest BCUT2D eigenvalue weighted by molar-refractivity contribution is -0.134. The molecule has 162 valence electrons. The Morgan fingerprint density at radius 1 is 0.871 bits per heavy atom. The minimum atomic E-state index is -3.80. The van der Waals surface area contributed by atoms with Gasteiger partial charge in [-0.25, -0.2) is 8.42 Å². The number of carbonyl (C=O) groups excluding carboxylic acids is 1. The van der Waals surface area contributed by atoms with Gasteiger partial charge in [-0.3, -0.25) is 4.79 Å². The van der Waals surface area contributed by atoms with Gasteiger partial charge in [0.05, 0.1) is 4.90 Å². The second-order valence-corrected chi connectivity index (χ2v) is 9.15. The normalized spacial score (nSPS) is 11.3. The van der Waals surface area contributed by atoms with Gasteiger partial charge in [0.1, 0.15) is 10.6 Å². The summed E-state index contributed by atoms with van der Waals surface area (Å²) in [6.45, 7) is 3.45. The molecule has 3 aromatic carbocycles. The van der Waals surface area contributed by atoms with Crippen molar-refractivity contribution in [3.8, 4) is 5.75 Å². The van der Waals surface area contributed by atoms with E-state index in [9.17, 15) is 13.2 Å². The standard InChI is InChI=1S/C25H27NO4S/c1-2-8-25(27)30-23-11-6-7-12-24(23)31(28,29)22-15-13-20(14-16-22)17-18-26-19-21-9-4-3-5-10-21/h3-7,9-16,26H,2,8,17-19H2,1H3. The molecule has 0 unspecified atom stereocenters. The highest BCUT2D eigenvalue weighted by Crippen LogP contribution is 2.29. The van der Waals surface area contributed by atoms with Gasteiger partial charge in [-0.1, -0.05) is 61.5 Å². The molecule has 0 aliphatic heterocycles. The molecule has 0 radical (unpaired) electrons. The summed E-state index contributed by atoms with van der Waals surface area (Å²) in [7, 11) is -3.80. The third-order valence-corrected chi connectivity index (χ3v) is 6.62. The number of esters is 1. The van der Waals surface area contributed by atoms with E-state index in [2.05, 4.69) is 17.4 Å². The third-order valence-electron chi connectivity index (χ3n) is 4.81. The van der Waals surface area contributed by atoms with Crippen molar-refractivity contribution in [1.29, 1.82) is 0 Å². The molecule has 0 saturated heterocycles. The molecule has 0 atom stereocenters. The summed E-state index contributed by atoms with van der Waals surface area (Å²) in [4.78, 5) is 12.0. The molecule has 0 aromatic heterocycles. The van der Waals surface area contributed by atoms with Crippen molar-refractivity contribution in [2.75, 3.05) is 6.54 Å². The van der Waals surface area contributed by atoms with Gasteiger partial charge < -0.3 is 10.1 Å². The van der Waals surface area contributed by atoms with Crippen LogP contribution < -0.4 is 10.1 Å². The summed E-state index contributed by atoms with van der Waals surface area (Å²) in [5.41, 5.74) is 2.27. The van der Waals surface area contributed by atoms with E-state index in [1.807, 2.05) is 37.3 Å². The van der Waals surface area contributed by atoms with E-state index in [0.717, 1.165) is 25.1 Å². The van der Waals surface area contributed by atoms with Crippen LogP contribution in [0.1, 0.15) is 30.9 Å². The van der Waals surface area contributed by atoms with Crippen LogP contribution in [0.5, 0.6) is 5.75 Å². The Hall–Kier alpha value is -2.96. The molecular formula is C25H27NO4S. The maximum atomic E-state index is 13.1. The van der Waals surface area contributed by atoms with Crippen molar-refractivity contribution in [2.45, 2.75) is 42.5 Å². The van der Waals surface area contributed by atoms with Crippen molar-refractivity contribution >= 4 is 15.8 Å². The van der Waals surface area contributed by atoms with E-state index >= 15 is 0 Å². The summed E-state index contributed by atoms with van der Waals surface area (Å²) in [6, 6.07) is 23.3. The van der Waals surface area contributed by atoms with Crippen LogP contribution >= 0.6 is 0 Å². The third kappa shape index (κ3) is 6.26. The second kappa shape index (κ2) is 10.9. The van der Waals surface area contributed by atoms with Crippen LogP contribution in [-0.4, -0.2) is 20.9 Å². The van der Waals surface area contributed by atoms with Gasteiger partial charge in [-0.15, -0.1) is 0 Å². The fourth-order valence-corrected chi connectivity index (χ4v) is 4.54. The molecule has 6 heteroatoms. The van der Waals surface area contributed by atoms with Gasteiger partial charge >= 0.3 is 5.97 Å². The summed E-state index contributed by atoms with van der Waals surface area (Å²) < 4.78 is 31.5. The lowest BCUT2D eigenvalue weighted by atomic mass is 10.1. The first-order valence-electron chi connectivity index (χ1n) is 10.4. The highest BCUT2D eigenvalue weighted by molar-refractivity contribution is 7.91. The summed E-state index contributed by atoms with van der Waals surface area (Å²) >= 11 is 0. The maximum Gasteiger partial charge on any atom is 0.311 e. The zero-order valence-corrected chi connectivity index (χ0v) is 18.4. The predicted molar refractivity (Wildman–Crippen MR) is 121 cm³/mol. The average molecular weight is 438 g/mol. The lowest BCUT2D eigenvalue weighted by Crippen LogP contribution is -2.16. The molecular weight excluding hydrogens is 410 g/mol. The zero-order valence-electron chi connectivity index (χ0n) is 17.6. The molecule has 0 saturated carbocycles. The molecule has 0 heterocycles. The van der Waals surface area contributed by atoms with Crippen LogP contribution in [0, 0.1) is 0 Å². The number of benzene rings is 3.